The van der Waals surface area contributed by atoms with Gasteiger partial charge < -0.3 is 5.32 Å². The Morgan fingerprint density at radius 1 is 0.767 bits per heavy atom. The van der Waals surface area contributed by atoms with E-state index in [1.54, 1.807) is 0 Å². The van der Waals surface area contributed by atoms with Crippen LogP contribution in [0, 0.1) is 20.8 Å². The van der Waals surface area contributed by atoms with Gasteiger partial charge in [0.15, 0.2) is 0 Å². The third kappa shape index (κ3) is 3.76. The van der Waals surface area contributed by atoms with Crippen LogP contribution < -0.4 is 10.2 Å². The van der Waals surface area contributed by atoms with Gasteiger partial charge in [-0.2, -0.15) is 0 Å². The highest BCUT2D eigenvalue weighted by Gasteiger charge is 2.40. The first kappa shape index (κ1) is 20.0. The molecular formula is C25H22N2O2S. The van der Waals surface area contributed by atoms with Crippen LogP contribution in [0.1, 0.15) is 16.7 Å². The summed E-state index contributed by atoms with van der Waals surface area (Å²) < 4.78 is 0. The van der Waals surface area contributed by atoms with E-state index < -0.39 is 0 Å². The average Bonchev–Trinajstić information content (AvgIpc) is 2.96. The molecule has 3 aromatic rings. The molecule has 5 heteroatoms. The number of hydrogen-bond donors (Lipinski definition) is 1. The number of amides is 2. The number of rotatable bonds is 5. The maximum atomic E-state index is 13.4. The number of carbonyl (C=O) groups excluding carboxylic acids is 2. The smallest absolute Gasteiger partial charge is 0.283 e. The van der Waals surface area contributed by atoms with Gasteiger partial charge in [-0.3, -0.25) is 9.59 Å². The highest BCUT2D eigenvalue weighted by Crippen LogP contribution is 2.39. The molecule has 150 valence electrons. The zero-order valence-corrected chi connectivity index (χ0v) is 17.9. The van der Waals surface area contributed by atoms with Crippen LogP contribution in [0.25, 0.3) is 0 Å². The van der Waals surface area contributed by atoms with Crippen molar-refractivity contribution in [3.8, 4) is 0 Å². The van der Waals surface area contributed by atoms with Crippen LogP contribution in [0.5, 0.6) is 0 Å². The van der Waals surface area contributed by atoms with Crippen LogP contribution in [0.2, 0.25) is 0 Å². The molecule has 0 saturated carbocycles. The maximum absolute atomic E-state index is 13.4. The van der Waals surface area contributed by atoms with Gasteiger partial charge in [0.2, 0.25) is 0 Å². The zero-order chi connectivity index (χ0) is 21.3. The predicted octanol–water partition coefficient (Wildman–Crippen LogP) is 5.60. The van der Waals surface area contributed by atoms with Crippen LogP contribution in [0.4, 0.5) is 11.4 Å². The first-order valence-electron chi connectivity index (χ1n) is 9.71. The molecule has 0 bridgehead atoms. The third-order valence-electron chi connectivity index (χ3n) is 5.14. The van der Waals surface area contributed by atoms with Gasteiger partial charge in [-0.15, -0.1) is 0 Å². The first-order chi connectivity index (χ1) is 14.5. The number of aryl methyl sites for hydroxylation is 2. The van der Waals surface area contributed by atoms with Crippen molar-refractivity contribution in [3.05, 3.63) is 100 Å². The van der Waals surface area contributed by atoms with Crippen LogP contribution in [-0.2, 0) is 9.59 Å². The summed E-state index contributed by atoms with van der Waals surface area (Å²) in [5.41, 5.74) is 4.77. The Morgan fingerprint density at radius 2 is 1.47 bits per heavy atom. The summed E-state index contributed by atoms with van der Waals surface area (Å²) in [5, 5.41) is 3.20. The van der Waals surface area contributed by atoms with Gasteiger partial charge in [0.1, 0.15) is 10.6 Å². The van der Waals surface area contributed by atoms with Crippen molar-refractivity contribution in [2.24, 2.45) is 0 Å². The fraction of sp³-hybridized carbons (Fsp3) is 0.120. The predicted molar refractivity (Wildman–Crippen MR) is 123 cm³/mol. The highest BCUT2D eigenvalue weighted by molar-refractivity contribution is 8.04. The third-order valence-corrected chi connectivity index (χ3v) is 6.23. The Labute approximate surface area is 180 Å². The Bertz CT molecular complexity index is 1150. The van der Waals surface area contributed by atoms with E-state index >= 15 is 0 Å². The number of imide groups is 1. The van der Waals surface area contributed by atoms with E-state index in [9.17, 15) is 9.59 Å². The Kier molecular flexibility index (Phi) is 5.46. The maximum Gasteiger partial charge on any atom is 0.283 e. The van der Waals surface area contributed by atoms with E-state index in [0.29, 0.717) is 16.3 Å². The summed E-state index contributed by atoms with van der Waals surface area (Å²) in [7, 11) is 0. The monoisotopic (exact) mass is 414 g/mol. The van der Waals surface area contributed by atoms with E-state index in [1.807, 2.05) is 93.6 Å². The molecule has 1 aliphatic rings. The summed E-state index contributed by atoms with van der Waals surface area (Å²) in [6.07, 6.45) is 0. The van der Waals surface area contributed by atoms with Gasteiger partial charge in [-0.05, 0) is 62.2 Å². The quantitative estimate of drug-likeness (QED) is 0.552. The fourth-order valence-corrected chi connectivity index (χ4v) is 4.25. The van der Waals surface area contributed by atoms with Crippen molar-refractivity contribution in [2.45, 2.75) is 25.7 Å². The Balaban J connectivity index is 1.77. The molecule has 0 saturated heterocycles. The number of anilines is 2. The molecule has 0 aromatic heterocycles. The number of hydrogen-bond acceptors (Lipinski definition) is 4. The van der Waals surface area contributed by atoms with E-state index in [4.69, 9.17) is 0 Å². The second kappa shape index (κ2) is 8.20. The van der Waals surface area contributed by atoms with Gasteiger partial charge in [0.25, 0.3) is 11.8 Å². The molecule has 0 radical (unpaired) electrons. The number of nitrogens with one attached hydrogen (secondary N) is 1. The van der Waals surface area contributed by atoms with Crippen LogP contribution >= 0.6 is 11.8 Å². The molecule has 1 aliphatic heterocycles. The number of benzene rings is 3. The lowest BCUT2D eigenvalue weighted by Crippen LogP contribution is -2.33. The molecule has 3 aromatic carbocycles. The summed E-state index contributed by atoms with van der Waals surface area (Å²) in [4.78, 5) is 29.4. The normalized spacial score (nSPS) is 13.9. The van der Waals surface area contributed by atoms with Crippen LogP contribution in [0.15, 0.2) is 88.3 Å². The lowest BCUT2D eigenvalue weighted by molar-refractivity contribution is -0.120. The molecule has 30 heavy (non-hydrogen) atoms. The molecule has 0 atom stereocenters. The van der Waals surface area contributed by atoms with E-state index in [0.717, 1.165) is 27.3 Å². The van der Waals surface area contributed by atoms with Gasteiger partial charge in [0, 0.05) is 10.6 Å². The van der Waals surface area contributed by atoms with Crippen molar-refractivity contribution in [1.29, 1.82) is 0 Å². The second-order valence-corrected chi connectivity index (χ2v) is 8.36. The number of carbonyl (C=O) groups is 2. The number of thioether (sulfide) groups is 1. The van der Waals surface area contributed by atoms with E-state index in [1.165, 1.54) is 16.7 Å². The first-order valence-corrected chi connectivity index (χ1v) is 10.5. The summed E-state index contributed by atoms with van der Waals surface area (Å²) in [6, 6.07) is 23.0. The summed E-state index contributed by atoms with van der Waals surface area (Å²) >= 11 is 1.31. The number of nitrogens with zero attached hydrogens (tertiary/aromatic N) is 1. The zero-order valence-electron chi connectivity index (χ0n) is 17.1. The van der Waals surface area contributed by atoms with E-state index in [-0.39, 0.29) is 11.8 Å². The second-order valence-electron chi connectivity index (χ2n) is 7.28. The van der Waals surface area contributed by atoms with Gasteiger partial charge in [-0.25, -0.2) is 4.90 Å². The highest BCUT2D eigenvalue weighted by atomic mass is 32.2. The minimum absolute atomic E-state index is 0.304. The SMILES string of the molecule is Cc1ccc(NC2=C(Sc3ccccc3)C(=O)N(c3cccc(C)c3C)C2=O)cc1. The van der Waals surface area contributed by atoms with Crippen LogP contribution in [-0.4, -0.2) is 11.8 Å². The Hall–Kier alpha value is -3.31. The topological polar surface area (TPSA) is 49.4 Å². The molecule has 4 rings (SSSR count). The largest absolute Gasteiger partial charge is 0.350 e. The fourth-order valence-electron chi connectivity index (χ4n) is 3.30. The lowest BCUT2D eigenvalue weighted by atomic mass is 10.1. The lowest BCUT2D eigenvalue weighted by Gasteiger charge is -2.19. The van der Waals surface area contributed by atoms with Gasteiger partial charge in [0.05, 0.1) is 5.69 Å². The molecular weight excluding hydrogens is 392 g/mol. The van der Waals surface area contributed by atoms with Crippen molar-refractivity contribution in [2.75, 3.05) is 10.2 Å². The molecule has 1 heterocycles. The minimum atomic E-state index is -0.340. The molecule has 4 nitrogen and oxygen atoms in total. The molecule has 1 N–H and O–H groups in total. The van der Waals surface area contributed by atoms with Gasteiger partial charge >= 0.3 is 0 Å². The standard InChI is InChI=1S/C25H22N2O2S/c1-16-12-14-19(15-13-16)26-22-23(30-20-9-5-4-6-10-20)25(29)27(24(22)28)21-11-7-8-17(2)18(21)3/h4-15,26H,1-3H3. The molecule has 0 spiro atoms. The van der Waals surface area contributed by atoms with Crippen molar-refractivity contribution < 1.29 is 9.59 Å². The van der Waals surface area contributed by atoms with Crippen LogP contribution in [0.3, 0.4) is 0 Å². The van der Waals surface area contributed by atoms with Crippen molar-refractivity contribution in [1.82, 2.24) is 0 Å². The van der Waals surface area contributed by atoms with Crippen molar-refractivity contribution in [3.63, 3.8) is 0 Å². The molecule has 2 amide bonds. The Morgan fingerprint density at radius 3 is 2.17 bits per heavy atom. The summed E-state index contributed by atoms with van der Waals surface area (Å²) in [5.74, 6) is -0.648. The average molecular weight is 415 g/mol. The molecule has 0 aliphatic carbocycles. The van der Waals surface area contributed by atoms with Gasteiger partial charge in [-0.1, -0.05) is 59.8 Å². The van der Waals surface area contributed by atoms with E-state index in [2.05, 4.69) is 5.32 Å². The van der Waals surface area contributed by atoms with Crippen molar-refractivity contribution >= 4 is 35.0 Å². The summed E-state index contributed by atoms with van der Waals surface area (Å²) in [6.45, 7) is 5.91. The molecule has 0 unspecified atom stereocenters. The minimum Gasteiger partial charge on any atom is -0.350 e. The molecule has 0 fully saturated rings.